The van der Waals surface area contributed by atoms with Crippen LogP contribution in [0.25, 0.3) is 0 Å². The Hall–Kier alpha value is -3.78. The number of para-hydroxylation sites is 3. The van der Waals surface area contributed by atoms with Crippen LogP contribution in [-0.2, 0) is 17.9 Å². The molecule has 0 unspecified atom stereocenters. The number of benzene rings is 2. The van der Waals surface area contributed by atoms with E-state index in [1.807, 2.05) is 30.3 Å². The molecule has 34 heavy (non-hydrogen) atoms. The molecule has 0 saturated carbocycles. The number of carbonyl (C=O) groups is 1. The highest BCUT2D eigenvalue weighted by molar-refractivity contribution is 5.92. The fourth-order valence-corrected chi connectivity index (χ4v) is 4.15. The third kappa shape index (κ3) is 5.58. The Labute approximate surface area is 199 Å². The maximum absolute atomic E-state index is 12.9. The number of pyridine rings is 1. The van der Waals surface area contributed by atoms with Gasteiger partial charge in [0.1, 0.15) is 12.3 Å². The standard InChI is InChI=1S/C26H30N4O4/c1-33-24-11-7-6-10-22(24)27-26(32)19-30-18-25(34-2)23(31)16-21(30)17-28-12-14-29(15-13-28)20-8-4-3-5-9-20/h3-11,16,18H,12-15,17,19H2,1-2H3,(H,27,32). The minimum atomic E-state index is -0.217. The first kappa shape index (κ1) is 23.4. The third-order valence-electron chi connectivity index (χ3n) is 5.98. The average Bonchev–Trinajstić information content (AvgIpc) is 2.87. The highest BCUT2D eigenvalue weighted by Crippen LogP contribution is 2.23. The molecule has 0 spiro atoms. The molecule has 178 valence electrons. The highest BCUT2D eigenvalue weighted by Gasteiger charge is 2.20. The van der Waals surface area contributed by atoms with Crippen molar-refractivity contribution in [1.29, 1.82) is 0 Å². The van der Waals surface area contributed by atoms with Crippen molar-refractivity contribution in [3.05, 3.63) is 82.8 Å². The van der Waals surface area contributed by atoms with Crippen LogP contribution < -0.4 is 25.1 Å². The molecule has 1 aliphatic rings. The van der Waals surface area contributed by atoms with Crippen molar-refractivity contribution in [3.63, 3.8) is 0 Å². The normalized spacial score (nSPS) is 14.0. The average molecular weight is 463 g/mol. The van der Waals surface area contributed by atoms with Gasteiger partial charge in [0.25, 0.3) is 0 Å². The molecule has 0 atom stereocenters. The van der Waals surface area contributed by atoms with E-state index in [0.717, 1.165) is 31.9 Å². The van der Waals surface area contributed by atoms with Gasteiger partial charge >= 0.3 is 0 Å². The van der Waals surface area contributed by atoms with Gasteiger partial charge < -0.3 is 24.3 Å². The second-order valence-electron chi connectivity index (χ2n) is 8.17. The van der Waals surface area contributed by atoms with Crippen LogP contribution in [0.4, 0.5) is 11.4 Å². The largest absolute Gasteiger partial charge is 0.495 e. The summed E-state index contributed by atoms with van der Waals surface area (Å²) in [4.78, 5) is 30.0. The molecular formula is C26H30N4O4. The summed E-state index contributed by atoms with van der Waals surface area (Å²) < 4.78 is 12.3. The molecule has 1 amide bonds. The van der Waals surface area contributed by atoms with E-state index in [1.165, 1.54) is 12.8 Å². The van der Waals surface area contributed by atoms with Crippen LogP contribution in [0.5, 0.6) is 11.5 Å². The van der Waals surface area contributed by atoms with Crippen LogP contribution in [0.1, 0.15) is 5.69 Å². The lowest BCUT2D eigenvalue weighted by molar-refractivity contribution is -0.116. The second-order valence-corrected chi connectivity index (χ2v) is 8.17. The van der Waals surface area contributed by atoms with Crippen molar-refractivity contribution in [1.82, 2.24) is 9.47 Å². The molecular weight excluding hydrogens is 432 g/mol. The summed E-state index contributed by atoms with van der Waals surface area (Å²) in [5.41, 5.74) is 2.40. The Bertz CT molecular complexity index is 1170. The van der Waals surface area contributed by atoms with Crippen molar-refractivity contribution >= 4 is 17.3 Å². The van der Waals surface area contributed by atoms with E-state index < -0.39 is 0 Å². The summed E-state index contributed by atoms with van der Waals surface area (Å²) in [5, 5.41) is 2.89. The van der Waals surface area contributed by atoms with Gasteiger partial charge in [0.15, 0.2) is 5.75 Å². The number of anilines is 2. The number of aromatic nitrogens is 1. The van der Waals surface area contributed by atoms with Crippen LogP contribution in [0.3, 0.4) is 0 Å². The predicted molar refractivity (Wildman–Crippen MR) is 133 cm³/mol. The van der Waals surface area contributed by atoms with Gasteiger partial charge in [0, 0.05) is 50.2 Å². The Morgan fingerprint density at radius 1 is 0.912 bits per heavy atom. The Morgan fingerprint density at radius 3 is 2.29 bits per heavy atom. The quantitative estimate of drug-likeness (QED) is 0.555. The lowest BCUT2D eigenvalue weighted by atomic mass is 10.2. The van der Waals surface area contributed by atoms with Crippen LogP contribution in [0.2, 0.25) is 0 Å². The third-order valence-corrected chi connectivity index (χ3v) is 5.98. The summed E-state index contributed by atoms with van der Waals surface area (Å²) in [6, 6.07) is 19.2. The van der Waals surface area contributed by atoms with E-state index in [4.69, 9.17) is 9.47 Å². The number of piperazine rings is 1. The van der Waals surface area contributed by atoms with Crippen LogP contribution in [-0.4, -0.2) is 55.8 Å². The number of nitrogens with zero attached hydrogens (tertiary/aromatic N) is 3. The van der Waals surface area contributed by atoms with Gasteiger partial charge in [-0.25, -0.2) is 0 Å². The Balaban J connectivity index is 1.46. The topological polar surface area (TPSA) is 76.0 Å². The number of amides is 1. The number of methoxy groups -OCH3 is 2. The van der Waals surface area contributed by atoms with Gasteiger partial charge in [0.05, 0.1) is 26.1 Å². The smallest absolute Gasteiger partial charge is 0.244 e. The second kappa shape index (κ2) is 10.9. The first-order valence-corrected chi connectivity index (χ1v) is 11.3. The number of hydrogen-bond donors (Lipinski definition) is 1. The van der Waals surface area contributed by atoms with E-state index in [0.29, 0.717) is 18.0 Å². The van der Waals surface area contributed by atoms with E-state index in [1.54, 1.807) is 36.1 Å². The van der Waals surface area contributed by atoms with Crippen molar-refractivity contribution in [2.45, 2.75) is 13.1 Å². The molecule has 1 aromatic heterocycles. The van der Waals surface area contributed by atoms with Crippen molar-refractivity contribution < 1.29 is 14.3 Å². The van der Waals surface area contributed by atoms with E-state index in [2.05, 4.69) is 27.2 Å². The van der Waals surface area contributed by atoms with Crippen molar-refractivity contribution in [3.8, 4) is 11.5 Å². The first-order valence-electron chi connectivity index (χ1n) is 11.3. The van der Waals surface area contributed by atoms with Gasteiger partial charge in [-0.1, -0.05) is 30.3 Å². The molecule has 1 N–H and O–H groups in total. The number of ether oxygens (including phenoxy) is 2. The molecule has 1 fully saturated rings. The molecule has 2 heterocycles. The van der Waals surface area contributed by atoms with Crippen molar-refractivity contribution in [2.75, 3.05) is 50.6 Å². The Morgan fingerprint density at radius 2 is 1.59 bits per heavy atom. The molecule has 0 bridgehead atoms. The summed E-state index contributed by atoms with van der Waals surface area (Å²) in [7, 11) is 3.02. The van der Waals surface area contributed by atoms with E-state index in [9.17, 15) is 9.59 Å². The minimum Gasteiger partial charge on any atom is -0.495 e. The van der Waals surface area contributed by atoms with E-state index >= 15 is 0 Å². The maximum atomic E-state index is 12.9. The summed E-state index contributed by atoms with van der Waals surface area (Å²) in [6.07, 6.45) is 1.61. The summed E-state index contributed by atoms with van der Waals surface area (Å²) in [5.74, 6) is 0.581. The number of hydrogen-bond acceptors (Lipinski definition) is 6. The van der Waals surface area contributed by atoms with Gasteiger partial charge in [-0.2, -0.15) is 0 Å². The fraction of sp³-hybridized carbons (Fsp3) is 0.308. The van der Waals surface area contributed by atoms with Gasteiger partial charge in [-0.05, 0) is 24.3 Å². The summed E-state index contributed by atoms with van der Waals surface area (Å²) >= 11 is 0. The lowest BCUT2D eigenvalue weighted by Crippen LogP contribution is -2.46. The SMILES string of the molecule is COc1ccccc1NC(=O)Cn1cc(OC)c(=O)cc1CN1CCN(c2ccccc2)CC1. The molecule has 2 aromatic carbocycles. The molecule has 1 saturated heterocycles. The highest BCUT2D eigenvalue weighted by atomic mass is 16.5. The van der Waals surface area contributed by atoms with Crippen LogP contribution >= 0.6 is 0 Å². The zero-order valence-electron chi connectivity index (χ0n) is 19.6. The molecule has 8 heteroatoms. The minimum absolute atomic E-state index is 0.0496. The maximum Gasteiger partial charge on any atom is 0.244 e. The zero-order valence-corrected chi connectivity index (χ0v) is 19.6. The fourth-order valence-electron chi connectivity index (χ4n) is 4.15. The van der Waals surface area contributed by atoms with Gasteiger partial charge in [0.2, 0.25) is 11.3 Å². The van der Waals surface area contributed by atoms with Crippen LogP contribution in [0.15, 0.2) is 71.7 Å². The number of rotatable bonds is 8. The molecule has 0 aliphatic carbocycles. The monoisotopic (exact) mass is 462 g/mol. The molecule has 8 nitrogen and oxygen atoms in total. The van der Waals surface area contributed by atoms with Gasteiger partial charge in [-0.3, -0.25) is 14.5 Å². The summed E-state index contributed by atoms with van der Waals surface area (Å²) in [6.45, 7) is 4.15. The first-order chi connectivity index (χ1) is 16.6. The number of carbonyl (C=O) groups excluding carboxylic acids is 1. The van der Waals surface area contributed by atoms with Crippen molar-refractivity contribution in [2.24, 2.45) is 0 Å². The lowest BCUT2D eigenvalue weighted by Gasteiger charge is -2.36. The zero-order chi connectivity index (χ0) is 23.9. The van der Waals surface area contributed by atoms with E-state index in [-0.39, 0.29) is 23.6 Å². The van der Waals surface area contributed by atoms with Crippen LogP contribution in [0, 0.1) is 0 Å². The molecule has 0 radical (unpaired) electrons. The molecule has 1 aliphatic heterocycles. The number of nitrogens with one attached hydrogen (secondary N) is 1. The van der Waals surface area contributed by atoms with Gasteiger partial charge in [-0.15, -0.1) is 0 Å². The Kier molecular flexibility index (Phi) is 7.49. The molecule has 3 aromatic rings. The molecule has 4 rings (SSSR count). The predicted octanol–water partition coefficient (Wildman–Crippen LogP) is 2.83.